The summed E-state index contributed by atoms with van der Waals surface area (Å²) in [6.07, 6.45) is 2.17. The van der Waals surface area contributed by atoms with E-state index in [1.54, 1.807) is 0 Å². The van der Waals surface area contributed by atoms with Crippen molar-refractivity contribution in [2.75, 3.05) is 5.75 Å². The van der Waals surface area contributed by atoms with E-state index in [4.69, 9.17) is 0 Å². The van der Waals surface area contributed by atoms with Gasteiger partial charge in [0.05, 0.1) is 5.75 Å². The molecular formula is C16H19N3O2S. The van der Waals surface area contributed by atoms with Crippen LogP contribution >= 0.6 is 11.8 Å². The van der Waals surface area contributed by atoms with Crippen LogP contribution in [0.15, 0.2) is 23.4 Å². The summed E-state index contributed by atoms with van der Waals surface area (Å²) in [5.74, 6) is 1.01. The van der Waals surface area contributed by atoms with Gasteiger partial charge in [0.25, 0.3) is 0 Å². The fourth-order valence-corrected chi connectivity index (χ4v) is 3.26. The van der Waals surface area contributed by atoms with Crippen molar-refractivity contribution in [3.8, 4) is 0 Å². The lowest BCUT2D eigenvalue weighted by Crippen LogP contribution is -2.06. The lowest BCUT2D eigenvalue weighted by Gasteiger charge is -2.07. The highest BCUT2D eigenvalue weighted by molar-refractivity contribution is 7.99. The Morgan fingerprint density at radius 3 is 2.73 bits per heavy atom. The van der Waals surface area contributed by atoms with E-state index in [0.29, 0.717) is 17.6 Å². The van der Waals surface area contributed by atoms with Crippen molar-refractivity contribution in [3.63, 3.8) is 0 Å². The van der Waals surface area contributed by atoms with Gasteiger partial charge >= 0.3 is 0 Å². The Hall–Kier alpha value is -1.66. The smallest absolute Gasteiger partial charge is 0.191 e. The van der Waals surface area contributed by atoms with Crippen LogP contribution in [0.5, 0.6) is 0 Å². The molecule has 1 saturated carbocycles. The summed E-state index contributed by atoms with van der Waals surface area (Å²) in [7, 11) is 0. The van der Waals surface area contributed by atoms with Gasteiger partial charge in [0, 0.05) is 11.6 Å². The first-order chi connectivity index (χ1) is 10.6. The summed E-state index contributed by atoms with van der Waals surface area (Å²) in [5, 5.41) is 18.2. The van der Waals surface area contributed by atoms with Gasteiger partial charge in [-0.2, -0.15) is 0 Å². The second-order valence-corrected chi connectivity index (χ2v) is 6.61. The summed E-state index contributed by atoms with van der Waals surface area (Å²) in [6, 6.07) is 6.17. The highest BCUT2D eigenvalue weighted by atomic mass is 32.2. The van der Waals surface area contributed by atoms with Crippen LogP contribution in [0.25, 0.3) is 0 Å². The predicted octanol–water partition coefficient (Wildman–Crippen LogP) is 2.70. The van der Waals surface area contributed by atoms with Crippen molar-refractivity contribution in [1.82, 2.24) is 14.8 Å². The van der Waals surface area contributed by atoms with Gasteiger partial charge in [-0.3, -0.25) is 4.79 Å². The van der Waals surface area contributed by atoms with Gasteiger partial charge in [-0.15, -0.1) is 10.2 Å². The highest BCUT2D eigenvalue weighted by Gasteiger charge is 2.29. The third kappa shape index (κ3) is 3.08. The largest absolute Gasteiger partial charge is 0.388 e. The van der Waals surface area contributed by atoms with E-state index in [0.717, 1.165) is 29.1 Å². The van der Waals surface area contributed by atoms with E-state index in [2.05, 4.69) is 10.2 Å². The normalized spacial score (nSPS) is 14.3. The number of aliphatic hydroxyl groups is 1. The maximum atomic E-state index is 12.3. The quantitative estimate of drug-likeness (QED) is 0.655. The Bertz CT molecular complexity index is 707. The molecule has 1 aromatic carbocycles. The molecule has 0 bridgehead atoms. The molecule has 0 atom stereocenters. The molecule has 0 saturated heterocycles. The molecule has 0 aliphatic heterocycles. The fraction of sp³-hybridized carbons (Fsp3) is 0.438. The van der Waals surface area contributed by atoms with E-state index in [-0.39, 0.29) is 12.4 Å². The van der Waals surface area contributed by atoms with E-state index < -0.39 is 0 Å². The Morgan fingerprint density at radius 1 is 1.32 bits per heavy atom. The number of ketones is 1. The van der Waals surface area contributed by atoms with Crippen LogP contribution < -0.4 is 0 Å². The topological polar surface area (TPSA) is 68.0 Å². The molecule has 1 N–H and O–H groups in total. The molecule has 3 rings (SSSR count). The number of aliphatic hydroxyl groups excluding tert-OH is 1. The zero-order chi connectivity index (χ0) is 15.7. The van der Waals surface area contributed by atoms with Crippen LogP contribution in [0.2, 0.25) is 0 Å². The van der Waals surface area contributed by atoms with Crippen molar-refractivity contribution >= 4 is 17.5 Å². The third-order valence-electron chi connectivity index (χ3n) is 3.95. The Labute approximate surface area is 133 Å². The molecule has 1 aliphatic rings. The molecule has 1 aromatic heterocycles. The Balaban J connectivity index is 1.71. The molecule has 1 aliphatic carbocycles. The minimum Gasteiger partial charge on any atom is -0.388 e. The molecule has 5 nitrogen and oxygen atoms in total. The Morgan fingerprint density at radius 2 is 2.09 bits per heavy atom. The lowest BCUT2D eigenvalue weighted by molar-refractivity contribution is 0.102. The van der Waals surface area contributed by atoms with E-state index in [9.17, 15) is 9.90 Å². The molecule has 116 valence electrons. The fourth-order valence-electron chi connectivity index (χ4n) is 2.34. The number of benzene rings is 1. The summed E-state index contributed by atoms with van der Waals surface area (Å²) >= 11 is 1.39. The van der Waals surface area contributed by atoms with Crippen molar-refractivity contribution < 1.29 is 9.90 Å². The van der Waals surface area contributed by atoms with Gasteiger partial charge in [-0.25, -0.2) is 0 Å². The number of carbonyl (C=O) groups excluding carboxylic acids is 1. The average molecular weight is 317 g/mol. The average Bonchev–Trinajstić information content (AvgIpc) is 3.27. The molecule has 1 fully saturated rings. The maximum absolute atomic E-state index is 12.3. The van der Waals surface area contributed by atoms with Gasteiger partial charge < -0.3 is 9.67 Å². The first-order valence-electron chi connectivity index (χ1n) is 7.38. The van der Waals surface area contributed by atoms with Gasteiger partial charge in [0.2, 0.25) is 0 Å². The molecule has 2 aromatic rings. The number of aryl methyl sites for hydroxylation is 2. The van der Waals surface area contributed by atoms with Crippen molar-refractivity contribution in [1.29, 1.82) is 0 Å². The lowest BCUT2D eigenvalue weighted by atomic mass is 10.0. The minimum absolute atomic E-state index is 0.0870. The van der Waals surface area contributed by atoms with E-state index in [1.165, 1.54) is 17.3 Å². The zero-order valence-electron chi connectivity index (χ0n) is 12.7. The Kier molecular flexibility index (Phi) is 4.31. The second-order valence-electron chi connectivity index (χ2n) is 5.67. The van der Waals surface area contributed by atoms with Crippen molar-refractivity contribution in [2.45, 2.75) is 44.5 Å². The van der Waals surface area contributed by atoms with Gasteiger partial charge in [-0.1, -0.05) is 23.9 Å². The molecule has 0 unspecified atom stereocenters. The summed E-state index contributed by atoms with van der Waals surface area (Å²) in [5.41, 5.74) is 3.04. The van der Waals surface area contributed by atoms with E-state index in [1.807, 2.05) is 36.6 Å². The van der Waals surface area contributed by atoms with Gasteiger partial charge in [0.15, 0.2) is 16.8 Å². The van der Waals surface area contributed by atoms with Crippen LogP contribution in [0, 0.1) is 13.8 Å². The number of carbonyl (C=O) groups is 1. The first kappa shape index (κ1) is 15.2. The number of nitrogens with zero attached hydrogens (tertiary/aromatic N) is 3. The van der Waals surface area contributed by atoms with Crippen LogP contribution in [-0.4, -0.2) is 31.4 Å². The summed E-state index contributed by atoms with van der Waals surface area (Å²) in [4.78, 5) is 12.3. The standard InChI is InChI=1S/C16H19N3O2S/c1-10-3-4-12(7-11(10)2)14(21)9-22-16-18-17-15(8-20)19(16)13-5-6-13/h3-4,7,13,20H,5-6,8-9H2,1-2H3. The molecule has 22 heavy (non-hydrogen) atoms. The van der Waals surface area contributed by atoms with Crippen LogP contribution in [-0.2, 0) is 6.61 Å². The monoisotopic (exact) mass is 317 g/mol. The summed E-state index contributed by atoms with van der Waals surface area (Å²) < 4.78 is 1.97. The molecular weight excluding hydrogens is 298 g/mol. The van der Waals surface area contributed by atoms with Crippen LogP contribution in [0.3, 0.4) is 0 Å². The third-order valence-corrected chi connectivity index (χ3v) is 4.89. The SMILES string of the molecule is Cc1ccc(C(=O)CSc2nnc(CO)n2C2CC2)cc1C. The number of thioether (sulfide) groups is 1. The van der Waals surface area contributed by atoms with Crippen molar-refractivity contribution in [2.24, 2.45) is 0 Å². The number of aromatic nitrogens is 3. The molecule has 0 amide bonds. The highest BCUT2D eigenvalue weighted by Crippen LogP contribution is 2.38. The second kappa shape index (κ2) is 6.22. The molecule has 0 radical (unpaired) electrons. The number of hydrogen-bond donors (Lipinski definition) is 1. The summed E-state index contributed by atoms with van der Waals surface area (Å²) in [6.45, 7) is 3.93. The maximum Gasteiger partial charge on any atom is 0.191 e. The molecule has 6 heteroatoms. The van der Waals surface area contributed by atoms with Crippen LogP contribution in [0.4, 0.5) is 0 Å². The predicted molar refractivity (Wildman–Crippen MR) is 85.2 cm³/mol. The number of hydrogen-bond acceptors (Lipinski definition) is 5. The van der Waals surface area contributed by atoms with E-state index >= 15 is 0 Å². The van der Waals surface area contributed by atoms with Gasteiger partial charge in [0.1, 0.15) is 6.61 Å². The molecule has 0 spiro atoms. The minimum atomic E-state index is -0.116. The number of rotatable bonds is 6. The molecule has 1 heterocycles. The zero-order valence-corrected chi connectivity index (χ0v) is 13.6. The van der Waals surface area contributed by atoms with Crippen LogP contribution in [0.1, 0.15) is 46.2 Å². The van der Waals surface area contributed by atoms with Gasteiger partial charge in [-0.05, 0) is 43.9 Å². The number of Topliss-reactive ketones (excluding diaryl/α,β-unsaturated/α-hetero) is 1. The van der Waals surface area contributed by atoms with Crippen molar-refractivity contribution in [3.05, 3.63) is 40.7 Å². The first-order valence-corrected chi connectivity index (χ1v) is 8.36.